The lowest BCUT2D eigenvalue weighted by Gasteiger charge is -2.20. The first-order chi connectivity index (χ1) is 11.7. The molecule has 0 bridgehead atoms. The van der Waals surface area contributed by atoms with Crippen LogP contribution >= 0.6 is 11.6 Å². The van der Waals surface area contributed by atoms with Gasteiger partial charge in [-0.25, -0.2) is 4.98 Å². The standard InChI is InChI=1S/C20H16ClN3/c1-24(14-15-8-4-2-5-9-15)19-12-17(16-10-6-3-7-11-16)18(13-22)20(21)23-19/h2-12H,14H2,1H3. The molecule has 118 valence electrons. The maximum atomic E-state index is 9.44. The first-order valence-corrected chi connectivity index (χ1v) is 7.98. The fraction of sp³-hybridized carbons (Fsp3) is 0.100. The fourth-order valence-electron chi connectivity index (χ4n) is 2.59. The normalized spacial score (nSPS) is 10.2. The molecule has 0 spiro atoms. The Morgan fingerprint density at radius 2 is 1.67 bits per heavy atom. The minimum Gasteiger partial charge on any atom is -0.355 e. The molecule has 2 aromatic carbocycles. The molecule has 0 N–H and O–H groups in total. The summed E-state index contributed by atoms with van der Waals surface area (Å²) in [4.78, 5) is 6.42. The van der Waals surface area contributed by atoms with Crippen LogP contribution in [-0.2, 0) is 6.54 Å². The molecule has 0 aliphatic rings. The topological polar surface area (TPSA) is 39.9 Å². The van der Waals surface area contributed by atoms with E-state index in [0.717, 1.165) is 16.9 Å². The highest BCUT2D eigenvalue weighted by Gasteiger charge is 2.15. The number of rotatable bonds is 4. The molecule has 0 saturated heterocycles. The SMILES string of the molecule is CN(Cc1ccccc1)c1cc(-c2ccccc2)c(C#N)c(Cl)n1. The summed E-state index contributed by atoms with van der Waals surface area (Å²) in [5, 5.41) is 9.67. The summed E-state index contributed by atoms with van der Waals surface area (Å²) in [6.07, 6.45) is 0. The number of benzene rings is 2. The summed E-state index contributed by atoms with van der Waals surface area (Å²) in [6.45, 7) is 0.713. The van der Waals surface area contributed by atoms with Crippen molar-refractivity contribution in [1.82, 2.24) is 4.98 Å². The Morgan fingerprint density at radius 3 is 2.29 bits per heavy atom. The third kappa shape index (κ3) is 3.40. The van der Waals surface area contributed by atoms with E-state index >= 15 is 0 Å². The van der Waals surface area contributed by atoms with Crippen LogP contribution in [0.2, 0.25) is 5.15 Å². The van der Waals surface area contributed by atoms with Crippen molar-refractivity contribution in [2.24, 2.45) is 0 Å². The van der Waals surface area contributed by atoms with Crippen LogP contribution < -0.4 is 4.90 Å². The molecule has 0 unspecified atom stereocenters. The predicted molar refractivity (Wildman–Crippen MR) is 97.9 cm³/mol. The highest BCUT2D eigenvalue weighted by molar-refractivity contribution is 6.31. The molecule has 24 heavy (non-hydrogen) atoms. The van der Waals surface area contributed by atoms with Crippen LogP contribution in [0.15, 0.2) is 66.7 Å². The molecule has 0 fully saturated rings. The zero-order valence-electron chi connectivity index (χ0n) is 13.3. The maximum Gasteiger partial charge on any atom is 0.149 e. The van der Waals surface area contributed by atoms with Crippen LogP contribution in [0.4, 0.5) is 5.82 Å². The fourth-order valence-corrected chi connectivity index (χ4v) is 2.82. The van der Waals surface area contributed by atoms with E-state index in [1.165, 1.54) is 5.56 Å². The van der Waals surface area contributed by atoms with E-state index in [0.29, 0.717) is 12.1 Å². The van der Waals surface area contributed by atoms with Gasteiger partial charge in [-0.3, -0.25) is 0 Å². The van der Waals surface area contributed by atoms with E-state index in [-0.39, 0.29) is 5.15 Å². The van der Waals surface area contributed by atoms with Crippen molar-refractivity contribution < 1.29 is 0 Å². The van der Waals surface area contributed by atoms with Crippen molar-refractivity contribution >= 4 is 17.4 Å². The summed E-state index contributed by atoms with van der Waals surface area (Å²) in [7, 11) is 1.96. The molecule has 1 heterocycles. The Morgan fingerprint density at radius 1 is 1.04 bits per heavy atom. The average molecular weight is 334 g/mol. The number of pyridine rings is 1. The average Bonchev–Trinajstić information content (AvgIpc) is 2.62. The highest BCUT2D eigenvalue weighted by atomic mass is 35.5. The molecular formula is C20H16ClN3. The molecule has 0 atom stereocenters. The Balaban J connectivity index is 2.01. The van der Waals surface area contributed by atoms with E-state index in [2.05, 4.69) is 23.2 Å². The molecule has 3 nitrogen and oxygen atoms in total. The summed E-state index contributed by atoms with van der Waals surface area (Å²) in [6, 6.07) is 24.0. The van der Waals surface area contributed by atoms with Crippen molar-refractivity contribution in [2.45, 2.75) is 6.54 Å². The van der Waals surface area contributed by atoms with Gasteiger partial charge in [0.25, 0.3) is 0 Å². The maximum absolute atomic E-state index is 9.44. The van der Waals surface area contributed by atoms with Gasteiger partial charge in [0.2, 0.25) is 0 Å². The molecule has 0 aliphatic carbocycles. The first-order valence-electron chi connectivity index (χ1n) is 7.60. The summed E-state index contributed by atoms with van der Waals surface area (Å²) < 4.78 is 0. The van der Waals surface area contributed by atoms with Gasteiger partial charge < -0.3 is 4.90 Å². The predicted octanol–water partition coefficient (Wildman–Crippen LogP) is 4.91. The van der Waals surface area contributed by atoms with E-state index in [9.17, 15) is 5.26 Å². The highest BCUT2D eigenvalue weighted by Crippen LogP contribution is 2.31. The van der Waals surface area contributed by atoms with Crippen LogP contribution in [0.25, 0.3) is 11.1 Å². The lowest BCUT2D eigenvalue weighted by Crippen LogP contribution is -2.18. The minimum absolute atomic E-state index is 0.230. The second kappa shape index (κ2) is 7.16. The van der Waals surface area contributed by atoms with Gasteiger partial charge in [0.05, 0.1) is 5.56 Å². The summed E-state index contributed by atoms with van der Waals surface area (Å²) in [5.74, 6) is 0.738. The van der Waals surface area contributed by atoms with Crippen molar-refractivity contribution in [2.75, 3.05) is 11.9 Å². The van der Waals surface area contributed by atoms with Crippen LogP contribution in [0.1, 0.15) is 11.1 Å². The largest absolute Gasteiger partial charge is 0.355 e. The van der Waals surface area contributed by atoms with E-state index in [4.69, 9.17) is 11.6 Å². The van der Waals surface area contributed by atoms with Gasteiger partial charge in [0.1, 0.15) is 17.0 Å². The molecule has 0 amide bonds. The van der Waals surface area contributed by atoms with Crippen molar-refractivity contribution in [3.05, 3.63) is 83.0 Å². The Bertz CT molecular complexity index is 871. The van der Waals surface area contributed by atoms with Crippen molar-refractivity contribution in [3.63, 3.8) is 0 Å². The molecule has 4 heteroatoms. The Kier molecular flexibility index (Phi) is 4.79. The van der Waals surface area contributed by atoms with Gasteiger partial charge in [-0.1, -0.05) is 72.3 Å². The second-order valence-corrected chi connectivity index (χ2v) is 5.87. The van der Waals surface area contributed by atoms with E-state index in [1.807, 2.05) is 66.5 Å². The third-order valence-corrected chi connectivity index (χ3v) is 4.09. The van der Waals surface area contributed by atoms with Gasteiger partial charge >= 0.3 is 0 Å². The smallest absolute Gasteiger partial charge is 0.149 e. The Hall–Kier alpha value is -2.83. The van der Waals surface area contributed by atoms with Crippen molar-refractivity contribution in [1.29, 1.82) is 5.26 Å². The van der Waals surface area contributed by atoms with Gasteiger partial charge in [0.15, 0.2) is 0 Å². The monoisotopic (exact) mass is 333 g/mol. The number of hydrogen-bond donors (Lipinski definition) is 0. The van der Waals surface area contributed by atoms with Crippen LogP contribution in [0.5, 0.6) is 0 Å². The van der Waals surface area contributed by atoms with Crippen LogP contribution in [-0.4, -0.2) is 12.0 Å². The van der Waals surface area contributed by atoms with Gasteiger partial charge in [-0.15, -0.1) is 0 Å². The third-order valence-electron chi connectivity index (χ3n) is 3.81. The van der Waals surface area contributed by atoms with Crippen LogP contribution in [0.3, 0.4) is 0 Å². The number of halogens is 1. The lowest BCUT2D eigenvalue weighted by atomic mass is 10.0. The first kappa shape index (κ1) is 16.0. The molecular weight excluding hydrogens is 318 g/mol. The molecule has 1 aromatic heterocycles. The Labute approximate surface area is 146 Å². The van der Waals surface area contributed by atoms with Gasteiger partial charge in [-0.2, -0.15) is 5.26 Å². The molecule has 0 aliphatic heterocycles. The quantitative estimate of drug-likeness (QED) is 0.637. The molecule has 3 rings (SSSR count). The van der Waals surface area contributed by atoms with Crippen LogP contribution in [0, 0.1) is 11.3 Å². The van der Waals surface area contributed by atoms with Gasteiger partial charge in [-0.05, 0) is 17.2 Å². The second-order valence-electron chi connectivity index (χ2n) is 5.51. The van der Waals surface area contributed by atoms with Crippen molar-refractivity contribution in [3.8, 4) is 17.2 Å². The number of hydrogen-bond acceptors (Lipinski definition) is 3. The lowest BCUT2D eigenvalue weighted by molar-refractivity contribution is 0.898. The molecule has 0 radical (unpaired) electrons. The number of nitriles is 1. The molecule has 3 aromatic rings. The molecule has 0 saturated carbocycles. The minimum atomic E-state index is 0.230. The summed E-state index contributed by atoms with van der Waals surface area (Å²) >= 11 is 6.27. The van der Waals surface area contributed by atoms with E-state index in [1.54, 1.807) is 0 Å². The number of anilines is 1. The summed E-state index contributed by atoms with van der Waals surface area (Å²) in [5.41, 5.74) is 3.34. The zero-order chi connectivity index (χ0) is 16.9. The van der Waals surface area contributed by atoms with Gasteiger partial charge in [0, 0.05) is 19.2 Å². The number of nitrogens with zero attached hydrogens (tertiary/aromatic N) is 3. The number of aromatic nitrogens is 1. The zero-order valence-corrected chi connectivity index (χ0v) is 14.0. The van der Waals surface area contributed by atoms with E-state index < -0.39 is 0 Å².